The lowest BCUT2D eigenvalue weighted by Crippen LogP contribution is -2.30. The van der Waals surface area contributed by atoms with Gasteiger partial charge in [0.15, 0.2) is 6.10 Å². The van der Waals surface area contributed by atoms with Crippen molar-refractivity contribution >= 4 is 22.8 Å². The molecule has 0 saturated carbocycles. The molecule has 0 spiro atoms. The van der Waals surface area contributed by atoms with Gasteiger partial charge < -0.3 is 19.6 Å². The highest BCUT2D eigenvalue weighted by molar-refractivity contribution is 5.97. The molecule has 1 amide bonds. The number of fused-ring (bicyclic) bond motifs is 1. The third-order valence-corrected chi connectivity index (χ3v) is 3.09. The molecule has 2 rings (SSSR count). The van der Waals surface area contributed by atoms with Crippen molar-refractivity contribution in [3.63, 3.8) is 0 Å². The lowest BCUT2D eigenvalue weighted by atomic mass is 10.1. The van der Waals surface area contributed by atoms with Crippen LogP contribution >= 0.6 is 0 Å². The van der Waals surface area contributed by atoms with Gasteiger partial charge in [-0.1, -0.05) is 0 Å². The third-order valence-electron chi connectivity index (χ3n) is 3.09. The fourth-order valence-electron chi connectivity index (χ4n) is 1.92. The number of benzene rings is 1. The fourth-order valence-corrected chi connectivity index (χ4v) is 1.92. The summed E-state index contributed by atoms with van der Waals surface area (Å²) in [5.74, 6) is -0.672. The highest BCUT2D eigenvalue weighted by Crippen LogP contribution is 2.29. The van der Waals surface area contributed by atoms with Crippen molar-refractivity contribution in [2.45, 2.75) is 26.9 Å². The first kappa shape index (κ1) is 14.9. The number of ether oxygens (including phenoxy) is 2. The van der Waals surface area contributed by atoms with Crippen LogP contribution in [0.1, 0.15) is 30.0 Å². The first-order chi connectivity index (χ1) is 9.93. The van der Waals surface area contributed by atoms with Crippen LogP contribution < -0.4 is 10.5 Å². The average Bonchev–Trinajstić information content (AvgIpc) is 2.76. The van der Waals surface area contributed by atoms with E-state index in [4.69, 9.17) is 19.6 Å². The Balaban J connectivity index is 2.34. The second-order valence-corrected chi connectivity index (χ2v) is 4.60. The fraction of sp³-hybridized carbons (Fsp3) is 0.333. The van der Waals surface area contributed by atoms with E-state index in [0.29, 0.717) is 23.5 Å². The van der Waals surface area contributed by atoms with Crippen LogP contribution in [-0.2, 0) is 9.53 Å². The number of furan rings is 1. The van der Waals surface area contributed by atoms with E-state index < -0.39 is 18.0 Å². The van der Waals surface area contributed by atoms with E-state index >= 15 is 0 Å². The molecule has 0 bridgehead atoms. The predicted molar refractivity (Wildman–Crippen MR) is 76.2 cm³/mol. The molecule has 0 unspecified atom stereocenters. The smallest absolute Gasteiger partial charge is 0.375 e. The van der Waals surface area contributed by atoms with Gasteiger partial charge in [0.1, 0.15) is 11.3 Å². The van der Waals surface area contributed by atoms with Crippen molar-refractivity contribution in [3.05, 3.63) is 29.5 Å². The second kappa shape index (κ2) is 5.87. The number of hydrogen-bond donors (Lipinski definition) is 1. The largest absolute Gasteiger partial charge is 0.494 e. The molecule has 0 aliphatic heterocycles. The first-order valence-electron chi connectivity index (χ1n) is 6.60. The minimum atomic E-state index is -1.01. The Kier molecular flexibility index (Phi) is 4.16. The predicted octanol–water partition coefficient (Wildman–Crippen LogP) is 2.17. The molecular weight excluding hydrogens is 274 g/mol. The lowest BCUT2D eigenvalue weighted by molar-refractivity contribution is -0.125. The maximum Gasteiger partial charge on any atom is 0.375 e. The Hall–Kier alpha value is -2.50. The van der Waals surface area contributed by atoms with Crippen LogP contribution in [0.4, 0.5) is 0 Å². The van der Waals surface area contributed by atoms with Crippen LogP contribution in [0.15, 0.2) is 22.6 Å². The molecule has 21 heavy (non-hydrogen) atoms. The van der Waals surface area contributed by atoms with Crippen LogP contribution in [0.2, 0.25) is 0 Å². The van der Waals surface area contributed by atoms with Crippen molar-refractivity contribution in [2.75, 3.05) is 6.61 Å². The monoisotopic (exact) mass is 291 g/mol. The van der Waals surface area contributed by atoms with E-state index in [-0.39, 0.29) is 5.76 Å². The van der Waals surface area contributed by atoms with Crippen molar-refractivity contribution in [1.29, 1.82) is 0 Å². The minimum Gasteiger partial charge on any atom is -0.494 e. The number of primary amides is 1. The highest BCUT2D eigenvalue weighted by Gasteiger charge is 2.23. The molecule has 1 aromatic heterocycles. The van der Waals surface area contributed by atoms with Crippen molar-refractivity contribution in [1.82, 2.24) is 0 Å². The number of carbonyl (C=O) groups is 2. The molecule has 1 atom stereocenters. The molecule has 1 aromatic carbocycles. The molecule has 6 heteroatoms. The molecule has 1 heterocycles. The molecule has 2 N–H and O–H groups in total. The maximum absolute atomic E-state index is 12.0. The number of carbonyl (C=O) groups excluding carboxylic acids is 2. The summed E-state index contributed by atoms with van der Waals surface area (Å²) >= 11 is 0. The van der Waals surface area contributed by atoms with Gasteiger partial charge in [-0.3, -0.25) is 4.79 Å². The zero-order chi connectivity index (χ0) is 15.6. The van der Waals surface area contributed by atoms with Gasteiger partial charge in [0, 0.05) is 10.9 Å². The Bertz CT molecular complexity index is 689. The summed E-state index contributed by atoms with van der Waals surface area (Å²) < 4.78 is 15.9. The standard InChI is InChI=1S/C15H17NO5/c1-4-19-10-5-6-12-11(7-10)8(2)13(21-12)15(18)20-9(3)14(16)17/h5-7,9H,4H2,1-3H3,(H2,16,17)/t9-/m1/s1. The summed E-state index contributed by atoms with van der Waals surface area (Å²) in [5.41, 5.74) is 6.25. The van der Waals surface area contributed by atoms with Gasteiger partial charge in [0.25, 0.3) is 5.91 Å². The van der Waals surface area contributed by atoms with Crippen molar-refractivity contribution in [2.24, 2.45) is 5.73 Å². The zero-order valence-electron chi connectivity index (χ0n) is 12.1. The second-order valence-electron chi connectivity index (χ2n) is 4.60. The van der Waals surface area contributed by atoms with E-state index in [1.54, 1.807) is 25.1 Å². The van der Waals surface area contributed by atoms with Gasteiger partial charge in [-0.05, 0) is 39.0 Å². The van der Waals surface area contributed by atoms with E-state index in [9.17, 15) is 9.59 Å². The molecule has 0 aliphatic carbocycles. The van der Waals surface area contributed by atoms with E-state index in [1.165, 1.54) is 6.92 Å². The number of amides is 1. The average molecular weight is 291 g/mol. The number of aryl methyl sites for hydroxylation is 1. The van der Waals surface area contributed by atoms with E-state index in [0.717, 1.165) is 5.39 Å². The number of rotatable bonds is 5. The molecule has 2 aromatic rings. The molecule has 0 radical (unpaired) electrons. The number of hydrogen-bond acceptors (Lipinski definition) is 5. The van der Waals surface area contributed by atoms with Gasteiger partial charge >= 0.3 is 5.97 Å². The van der Waals surface area contributed by atoms with Gasteiger partial charge in [-0.15, -0.1) is 0 Å². The van der Waals surface area contributed by atoms with Crippen LogP contribution in [0.5, 0.6) is 5.75 Å². The Morgan fingerprint density at radius 3 is 2.71 bits per heavy atom. The highest BCUT2D eigenvalue weighted by atomic mass is 16.6. The van der Waals surface area contributed by atoms with Crippen molar-refractivity contribution in [3.8, 4) is 5.75 Å². The number of esters is 1. The van der Waals surface area contributed by atoms with E-state index in [2.05, 4.69) is 0 Å². The Morgan fingerprint density at radius 2 is 2.10 bits per heavy atom. The summed E-state index contributed by atoms with van der Waals surface area (Å²) in [5, 5.41) is 0.764. The molecule has 0 aliphatic rings. The minimum absolute atomic E-state index is 0.0618. The maximum atomic E-state index is 12.0. The summed E-state index contributed by atoms with van der Waals surface area (Å²) in [6.07, 6.45) is -1.01. The molecule has 0 fully saturated rings. The Labute approximate surface area is 121 Å². The SMILES string of the molecule is CCOc1ccc2oc(C(=O)O[C@H](C)C(N)=O)c(C)c2c1. The normalized spacial score (nSPS) is 12.1. The summed E-state index contributed by atoms with van der Waals surface area (Å²) in [6, 6.07) is 5.28. The van der Waals surface area contributed by atoms with Crippen molar-refractivity contribution < 1.29 is 23.5 Å². The van der Waals surface area contributed by atoms with E-state index in [1.807, 2.05) is 6.92 Å². The molecule has 0 saturated heterocycles. The van der Waals surface area contributed by atoms with Gasteiger partial charge in [0.2, 0.25) is 5.76 Å². The lowest BCUT2D eigenvalue weighted by Gasteiger charge is -2.07. The summed E-state index contributed by atoms with van der Waals surface area (Å²) in [4.78, 5) is 22.9. The topological polar surface area (TPSA) is 91.8 Å². The number of nitrogens with two attached hydrogens (primary N) is 1. The third kappa shape index (κ3) is 2.99. The van der Waals surface area contributed by atoms with Crippen LogP contribution in [0, 0.1) is 6.92 Å². The zero-order valence-corrected chi connectivity index (χ0v) is 12.1. The molecule has 112 valence electrons. The van der Waals surface area contributed by atoms with Gasteiger partial charge in [-0.25, -0.2) is 4.79 Å². The summed E-state index contributed by atoms with van der Waals surface area (Å²) in [6.45, 7) is 5.59. The van der Waals surface area contributed by atoms with Gasteiger partial charge in [0.05, 0.1) is 6.61 Å². The Morgan fingerprint density at radius 1 is 1.38 bits per heavy atom. The molecule has 6 nitrogen and oxygen atoms in total. The van der Waals surface area contributed by atoms with Crippen LogP contribution in [0.3, 0.4) is 0 Å². The summed E-state index contributed by atoms with van der Waals surface area (Å²) in [7, 11) is 0. The molecular formula is C15H17NO5. The van der Waals surface area contributed by atoms with Gasteiger partial charge in [-0.2, -0.15) is 0 Å². The van der Waals surface area contributed by atoms with Crippen LogP contribution in [0.25, 0.3) is 11.0 Å². The first-order valence-corrected chi connectivity index (χ1v) is 6.60. The quantitative estimate of drug-likeness (QED) is 0.852. The van der Waals surface area contributed by atoms with Crippen LogP contribution in [-0.4, -0.2) is 24.6 Å².